The second kappa shape index (κ2) is 3.73. The summed E-state index contributed by atoms with van der Waals surface area (Å²) in [5.41, 5.74) is 0.493. The van der Waals surface area contributed by atoms with Gasteiger partial charge in [-0.1, -0.05) is 6.58 Å². The molecule has 78 valence electrons. The highest BCUT2D eigenvalue weighted by Crippen LogP contribution is 2.32. The summed E-state index contributed by atoms with van der Waals surface area (Å²) in [6.45, 7) is 7.45. The summed E-state index contributed by atoms with van der Waals surface area (Å²) >= 11 is 0. The fourth-order valence-electron chi connectivity index (χ4n) is 2.26. The number of hydrogen-bond acceptors (Lipinski definition) is 3. The fraction of sp³-hybridized carbons (Fsp3) is 0.727. The number of hydrogen-bond donors (Lipinski definition) is 0. The van der Waals surface area contributed by atoms with Crippen LogP contribution >= 0.6 is 0 Å². The molecular weight excluding hydrogens is 178 g/mol. The van der Waals surface area contributed by atoms with E-state index in [2.05, 4.69) is 11.5 Å². The van der Waals surface area contributed by atoms with Crippen molar-refractivity contribution in [3.8, 4) is 0 Å². The predicted octanol–water partition coefficient (Wildman–Crippen LogP) is 1.55. The second-order valence-electron chi connectivity index (χ2n) is 4.36. The van der Waals surface area contributed by atoms with Gasteiger partial charge >= 0.3 is 5.97 Å². The van der Waals surface area contributed by atoms with Crippen LogP contribution in [0.2, 0.25) is 0 Å². The van der Waals surface area contributed by atoms with E-state index < -0.39 is 0 Å². The van der Waals surface area contributed by atoms with Crippen LogP contribution in [-0.4, -0.2) is 30.2 Å². The Bertz CT molecular complexity index is 254. The number of esters is 1. The Hall–Kier alpha value is -0.830. The van der Waals surface area contributed by atoms with E-state index in [1.807, 2.05) is 0 Å². The first-order chi connectivity index (χ1) is 6.66. The maximum Gasteiger partial charge on any atom is 0.334 e. The molecule has 3 heteroatoms. The normalized spacial score (nSPS) is 35.4. The third-order valence-electron chi connectivity index (χ3n) is 3.18. The standard InChI is InChI=1S/C11H17NO2/c1-8(2)11(13)14-10-7-9-3-5-12(10)6-4-9/h9-10H,1,3-7H2,2H3. The molecule has 0 aliphatic carbocycles. The first-order valence-corrected chi connectivity index (χ1v) is 5.27. The summed E-state index contributed by atoms with van der Waals surface area (Å²) < 4.78 is 5.37. The molecule has 1 unspecified atom stereocenters. The van der Waals surface area contributed by atoms with Crippen molar-refractivity contribution >= 4 is 5.97 Å². The average Bonchev–Trinajstić information content (AvgIpc) is 2.19. The number of ether oxygens (including phenoxy) is 1. The van der Waals surface area contributed by atoms with Gasteiger partial charge in [-0.25, -0.2) is 4.79 Å². The third kappa shape index (κ3) is 1.82. The molecule has 0 aromatic heterocycles. The Labute approximate surface area is 84.7 Å². The van der Waals surface area contributed by atoms with Crippen molar-refractivity contribution in [2.75, 3.05) is 13.1 Å². The van der Waals surface area contributed by atoms with Gasteiger partial charge in [0, 0.05) is 25.1 Å². The van der Waals surface area contributed by atoms with Gasteiger partial charge in [0.1, 0.15) is 0 Å². The van der Waals surface area contributed by atoms with Gasteiger partial charge < -0.3 is 4.74 Å². The van der Waals surface area contributed by atoms with Crippen LogP contribution in [0.4, 0.5) is 0 Å². The van der Waals surface area contributed by atoms with Gasteiger partial charge in [0.25, 0.3) is 0 Å². The molecule has 1 atom stereocenters. The molecule has 14 heavy (non-hydrogen) atoms. The fourth-order valence-corrected chi connectivity index (χ4v) is 2.26. The molecule has 0 N–H and O–H groups in total. The monoisotopic (exact) mass is 195 g/mol. The number of fused-ring (bicyclic) bond motifs is 3. The minimum atomic E-state index is -0.248. The molecule has 3 aliphatic rings. The van der Waals surface area contributed by atoms with Gasteiger partial charge in [-0.3, -0.25) is 4.90 Å². The van der Waals surface area contributed by atoms with Crippen LogP contribution in [0, 0.1) is 5.92 Å². The highest BCUT2D eigenvalue weighted by molar-refractivity contribution is 5.87. The summed E-state index contributed by atoms with van der Waals surface area (Å²) in [6.07, 6.45) is 3.56. The molecule has 3 nitrogen and oxygen atoms in total. The predicted molar refractivity (Wildman–Crippen MR) is 53.6 cm³/mol. The van der Waals surface area contributed by atoms with Gasteiger partial charge in [-0.2, -0.15) is 0 Å². The second-order valence-corrected chi connectivity index (χ2v) is 4.36. The van der Waals surface area contributed by atoms with Crippen LogP contribution in [0.25, 0.3) is 0 Å². The van der Waals surface area contributed by atoms with Gasteiger partial charge in [0.05, 0.1) is 0 Å². The number of rotatable bonds is 2. The Kier molecular flexibility index (Phi) is 2.59. The van der Waals surface area contributed by atoms with Crippen molar-refractivity contribution in [2.24, 2.45) is 5.92 Å². The summed E-state index contributed by atoms with van der Waals surface area (Å²) in [7, 11) is 0. The Morgan fingerprint density at radius 3 is 2.50 bits per heavy atom. The molecule has 0 spiro atoms. The van der Waals surface area contributed by atoms with E-state index in [4.69, 9.17) is 4.74 Å². The van der Waals surface area contributed by atoms with Gasteiger partial charge in [0.2, 0.25) is 0 Å². The van der Waals surface area contributed by atoms with E-state index in [9.17, 15) is 4.79 Å². The van der Waals surface area contributed by atoms with E-state index >= 15 is 0 Å². The molecule has 2 bridgehead atoms. The van der Waals surface area contributed by atoms with E-state index in [1.54, 1.807) is 6.92 Å². The number of nitrogens with zero attached hydrogens (tertiary/aromatic N) is 1. The van der Waals surface area contributed by atoms with Gasteiger partial charge in [0.15, 0.2) is 6.23 Å². The van der Waals surface area contributed by atoms with E-state index in [0.717, 1.165) is 25.4 Å². The number of piperidine rings is 3. The SMILES string of the molecule is C=C(C)C(=O)OC1CC2CCN1CC2. The zero-order valence-electron chi connectivity index (χ0n) is 8.66. The van der Waals surface area contributed by atoms with Crippen molar-refractivity contribution in [1.29, 1.82) is 0 Å². The van der Waals surface area contributed by atoms with Crippen LogP contribution in [-0.2, 0) is 9.53 Å². The first kappa shape index (κ1) is 9.71. The molecule has 0 radical (unpaired) electrons. The minimum Gasteiger partial charge on any atom is -0.443 e. The molecular formula is C11H17NO2. The first-order valence-electron chi connectivity index (χ1n) is 5.27. The Morgan fingerprint density at radius 2 is 2.07 bits per heavy atom. The molecule has 3 saturated heterocycles. The molecule has 0 amide bonds. The summed E-state index contributed by atoms with van der Waals surface area (Å²) in [6, 6.07) is 0. The average molecular weight is 195 g/mol. The smallest absolute Gasteiger partial charge is 0.334 e. The Balaban J connectivity index is 1.93. The van der Waals surface area contributed by atoms with Crippen molar-refractivity contribution in [2.45, 2.75) is 32.4 Å². The van der Waals surface area contributed by atoms with E-state index in [1.165, 1.54) is 12.8 Å². The maximum absolute atomic E-state index is 11.3. The molecule has 3 rings (SSSR count). The van der Waals surface area contributed by atoms with Crippen LogP contribution < -0.4 is 0 Å². The third-order valence-corrected chi connectivity index (χ3v) is 3.18. The van der Waals surface area contributed by atoms with Crippen molar-refractivity contribution in [1.82, 2.24) is 4.90 Å². The van der Waals surface area contributed by atoms with Crippen LogP contribution in [0.1, 0.15) is 26.2 Å². The summed E-state index contributed by atoms with van der Waals surface area (Å²) in [4.78, 5) is 13.6. The molecule has 3 fully saturated rings. The van der Waals surface area contributed by atoms with Crippen LogP contribution in [0.15, 0.2) is 12.2 Å². The topological polar surface area (TPSA) is 29.5 Å². The zero-order chi connectivity index (χ0) is 10.1. The minimum absolute atomic E-state index is 0.0201. The lowest BCUT2D eigenvalue weighted by molar-refractivity contribution is -0.165. The molecule has 0 aromatic carbocycles. The van der Waals surface area contributed by atoms with Gasteiger partial charge in [-0.05, 0) is 25.7 Å². The lowest BCUT2D eigenvalue weighted by atomic mass is 9.87. The van der Waals surface area contributed by atoms with Crippen molar-refractivity contribution in [3.05, 3.63) is 12.2 Å². The molecule has 3 aliphatic heterocycles. The largest absolute Gasteiger partial charge is 0.443 e. The van der Waals surface area contributed by atoms with Crippen LogP contribution in [0.5, 0.6) is 0 Å². The maximum atomic E-state index is 11.3. The Morgan fingerprint density at radius 1 is 1.43 bits per heavy atom. The van der Waals surface area contributed by atoms with E-state index in [0.29, 0.717) is 5.57 Å². The molecule has 0 aromatic rings. The summed E-state index contributed by atoms with van der Waals surface area (Å²) in [5, 5.41) is 0. The van der Waals surface area contributed by atoms with Crippen LogP contribution in [0.3, 0.4) is 0 Å². The van der Waals surface area contributed by atoms with Crippen molar-refractivity contribution in [3.63, 3.8) is 0 Å². The zero-order valence-corrected chi connectivity index (χ0v) is 8.66. The van der Waals surface area contributed by atoms with Crippen molar-refractivity contribution < 1.29 is 9.53 Å². The highest BCUT2D eigenvalue weighted by atomic mass is 16.6. The van der Waals surface area contributed by atoms with Gasteiger partial charge in [-0.15, -0.1) is 0 Å². The molecule has 3 heterocycles. The quantitative estimate of drug-likeness (QED) is 0.494. The summed E-state index contributed by atoms with van der Waals surface area (Å²) in [5.74, 6) is 0.519. The van der Waals surface area contributed by atoms with E-state index in [-0.39, 0.29) is 12.2 Å². The number of carbonyl (C=O) groups excluding carboxylic acids is 1. The lowest BCUT2D eigenvalue weighted by Gasteiger charge is -2.44. The lowest BCUT2D eigenvalue weighted by Crippen LogP contribution is -2.50. The number of carbonyl (C=O) groups is 1. The molecule has 0 saturated carbocycles. The highest BCUT2D eigenvalue weighted by Gasteiger charge is 2.35.